The second-order valence-corrected chi connectivity index (χ2v) is 5.64. The first-order chi connectivity index (χ1) is 10.7. The second-order valence-electron chi connectivity index (χ2n) is 5.64. The number of hydrogen-bond acceptors (Lipinski definition) is 2. The molecule has 0 bridgehead atoms. The standard InChI is InChI=1S/C17H25FN2O2/c1-2-3-14-4-6-16(7-5-14)22-13-10-19-17(21)20-11-8-15(18)9-12-20/h4-7,15H,2-3,8-13H2,1H3,(H,19,21). The first-order valence-electron chi connectivity index (χ1n) is 8.07. The van der Waals surface area contributed by atoms with Crippen molar-refractivity contribution in [2.45, 2.75) is 38.8 Å². The molecule has 1 saturated heterocycles. The van der Waals surface area contributed by atoms with Crippen molar-refractivity contribution >= 4 is 6.03 Å². The SMILES string of the molecule is CCCc1ccc(OCCNC(=O)N2CCC(F)CC2)cc1. The van der Waals surface area contributed by atoms with Gasteiger partial charge < -0.3 is 15.0 Å². The van der Waals surface area contributed by atoms with E-state index in [4.69, 9.17) is 4.74 Å². The van der Waals surface area contributed by atoms with Gasteiger partial charge in [0.1, 0.15) is 18.5 Å². The summed E-state index contributed by atoms with van der Waals surface area (Å²) in [6, 6.07) is 7.92. The van der Waals surface area contributed by atoms with Crippen LogP contribution >= 0.6 is 0 Å². The lowest BCUT2D eigenvalue weighted by molar-refractivity contribution is 0.151. The van der Waals surface area contributed by atoms with E-state index in [2.05, 4.69) is 24.4 Å². The van der Waals surface area contributed by atoms with Gasteiger partial charge in [-0.25, -0.2) is 9.18 Å². The van der Waals surface area contributed by atoms with Crippen LogP contribution in [0.2, 0.25) is 0 Å². The summed E-state index contributed by atoms with van der Waals surface area (Å²) in [7, 11) is 0. The van der Waals surface area contributed by atoms with E-state index in [1.54, 1.807) is 4.90 Å². The number of halogens is 1. The number of amides is 2. The molecule has 0 spiro atoms. The highest BCUT2D eigenvalue weighted by Crippen LogP contribution is 2.14. The van der Waals surface area contributed by atoms with Crippen molar-refractivity contribution < 1.29 is 13.9 Å². The maximum absolute atomic E-state index is 13.0. The number of aryl methyl sites for hydroxylation is 1. The van der Waals surface area contributed by atoms with Gasteiger partial charge in [0.2, 0.25) is 0 Å². The number of ether oxygens (including phenoxy) is 1. The Kier molecular flexibility index (Phi) is 6.49. The van der Waals surface area contributed by atoms with Gasteiger partial charge in [0, 0.05) is 13.1 Å². The number of benzene rings is 1. The first kappa shape index (κ1) is 16.6. The molecule has 5 heteroatoms. The molecule has 0 aliphatic carbocycles. The molecule has 0 atom stereocenters. The Morgan fingerprint density at radius 1 is 1.32 bits per heavy atom. The molecular weight excluding hydrogens is 283 g/mol. The third-order valence-electron chi connectivity index (χ3n) is 3.82. The quantitative estimate of drug-likeness (QED) is 0.820. The fourth-order valence-corrected chi connectivity index (χ4v) is 2.53. The van der Waals surface area contributed by atoms with Crippen LogP contribution in [-0.2, 0) is 6.42 Å². The monoisotopic (exact) mass is 308 g/mol. The molecule has 0 saturated carbocycles. The van der Waals surface area contributed by atoms with Gasteiger partial charge in [-0.05, 0) is 37.0 Å². The van der Waals surface area contributed by atoms with Gasteiger partial charge in [0.25, 0.3) is 0 Å². The number of likely N-dealkylation sites (tertiary alicyclic amines) is 1. The van der Waals surface area contributed by atoms with E-state index in [0.717, 1.165) is 18.6 Å². The number of carbonyl (C=O) groups is 1. The predicted molar refractivity (Wildman–Crippen MR) is 85.0 cm³/mol. The minimum absolute atomic E-state index is 0.131. The third kappa shape index (κ3) is 5.20. The summed E-state index contributed by atoms with van der Waals surface area (Å²) >= 11 is 0. The summed E-state index contributed by atoms with van der Waals surface area (Å²) in [6.45, 7) is 4.02. The Morgan fingerprint density at radius 2 is 2.00 bits per heavy atom. The Balaban J connectivity index is 1.63. The van der Waals surface area contributed by atoms with Gasteiger partial charge in [-0.2, -0.15) is 0 Å². The number of rotatable bonds is 6. The highest BCUT2D eigenvalue weighted by molar-refractivity contribution is 5.74. The van der Waals surface area contributed by atoms with E-state index in [9.17, 15) is 9.18 Å². The van der Waals surface area contributed by atoms with Crippen LogP contribution in [0.15, 0.2) is 24.3 Å². The number of hydrogen-bond donors (Lipinski definition) is 1. The maximum atomic E-state index is 13.0. The molecule has 1 fully saturated rings. The third-order valence-corrected chi connectivity index (χ3v) is 3.82. The minimum atomic E-state index is -0.761. The van der Waals surface area contributed by atoms with E-state index in [0.29, 0.717) is 39.1 Å². The Labute approximate surface area is 131 Å². The van der Waals surface area contributed by atoms with Crippen LogP contribution in [0.25, 0.3) is 0 Å². The summed E-state index contributed by atoms with van der Waals surface area (Å²) in [5, 5.41) is 2.81. The molecule has 1 aliphatic heterocycles. The summed E-state index contributed by atoms with van der Waals surface area (Å²) in [5.74, 6) is 0.812. The number of nitrogens with one attached hydrogen (secondary N) is 1. The van der Waals surface area contributed by atoms with Gasteiger partial charge in [0.15, 0.2) is 0 Å². The summed E-state index contributed by atoms with van der Waals surface area (Å²) < 4.78 is 18.6. The number of piperidine rings is 1. The molecule has 2 rings (SSSR count). The lowest BCUT2D eigenvalue weighted by Crippen LogP contribution is -2.45. The highest BCUT2D eigenvalue weighted by atomic mass is 19.1. The van der Waals surface area contributed by atoms with Crippen LogP contribution in [0.1, 0.15) is 31.7 Å². The average molecular weight is 308 g/mol. The number of urea groups is 1. The number of carbonyl (C=O) groups excluding carboxylic acids is 1. The zero-order chi connectivity index (χ0) is 15.8. The molecule has 4 nitrogen and oxygen atoms in total. The van der Waals surface area contributed by atoms with Crippen LogP contribution in [0.4, 0.5) is 9.18 Å². The van der Waals surface area contributed by atoms with Crippen molar-refractivity contribution in [2.24, 2.45) is 0 Å². The van der Waals surface area contributed by atoms with Gasteiger partial charge in [-0.3, -0.25) is 0 Å². The number of alkyl halides is 1. The molecule has 1 aliphatic rings. The summed E-state index contributed by atoms with van der Waals surface area (Å²) in [5.41, 5.74) is 1.31. The zero-order valence-electron chi connectivity index (χ0n) is 13.2. The second kappa shape index (κ2) is 8.61. The molecular formula is C17H25FN2O2. The van der Waals surface area contributed by atoms with Crippen LogP contribution in [0, 0.1) is 0 Å². The van der Waals surface area contributed by atoms with Crippen molar-refractivity contribution in [3.8, 4) is 5.75 Å². The van der Waals surface area contributed by atoms with E-state index in [1.807, 2.05) is 12.1 Å². The molecule has 0 aromatic heterocycles. The topological polar surface area (TPSA) is 41.6 Å². The van der Waals surface area contributed by atoms with Gasteiger partial charge in [-0.15, -0.1) is 0 Å². The smallest absolute Gasteiger partial charge is 0.317 e. The van der Waals surface area contributed by atoms with Crippen LogP contribution < -0.4 is 10.1 Å². The van der Waals surface area contributed by atoms with Crippen molar-refractivity contribution in [2.75, 3.05) is 26.2 Å². The van der Waals surface area contributed by atoms with E-state index in [-0.39, 0.29) is 6.03 Å². The Hall–Kier alpha value is -1.78. The van der Waals surface area contributed by atoms with Gasteiger partial charge >= 0.3 is 6.03 Å². The van der Waals surface area contributed by atoms with Crippen molar-refractivity contribution in [3.63, 3.8) is 0 Å². The fourth-order valence-electron chi connectivity index (χ4n) is 2.53. The molecule has 0 radical (unpaired) electrons. The molecule has 0 unspecified atom stereocenters. The van der Waals surface area contributed by atoms with Crippen LogP contribution in [-0.4, -0.2) is 43.3 Å². The van der Waals surface area contributed by atoms with Gasteiger partial charge in [0.05, 0.1) is 6.54 Å². The minimum Gasteiger partial charge on any atom is -0.492 e. The van der Waals surface area contributed by atoms with Crippen molar-refractivity contribution in [1.82, 2.24) is 10.2 Å². The van der Waals surface area contributed by atoms with E-state index < -0.39 is 6.17 Å². The fraction of sp³-hybridized carbons (Fsp3) is 0.588. The largest absolute Gasteiger partial charge is 0.492 e. The molecule has 1 aromatic carbocycles. The van der Waals surface area contributed by atoms with E-state index in [1.165, 1.54) is 5.56 Å². The van der Waals surface area contributed by atoms with Crippen molar-refractivity contribution in [1.29, 1.82) is 0 Å². The predicted octanol–water partition coefficient (Wildman–Crippen LogP) is 3.16. The molecule has 1 N–H and O–H groups in total. The number of nitrogens with zero attached hydrogens (tertiary/aromatic N) is 1. The molecule has 1 aromatic rings. The van der Waals surface area contributed by atoms with Crippen LogP contribution in [0.5, 0.6) is 5.75 Å². The zero-order valence-corrected chi connectivity index (χ0v) is 13.2. The first-order valence-corrected chi connectivity index (χ1v) is 8.07. The maximum Gasteiger partial charge on any atom is 0.317 e. The molecule has 2 amide bonds. The van der Waals surface area contributed by atoms with E-state index >= 15 is 0 Å². The summed E-state index contributed by atoms with van der Waals surface area (Å²) in [4.78, 5) is 13.5. The highest BCUT2D eigenvalue weighted by Gasteiger charge is 2.21. The lowest BCUT2D eigenvalue weighted by Gasteiger charge is -2.28. The molecule has 122 valence electrons. The van der Waals surface area contributed by atoms with Gasteiger partial charge in [-0.1, -0.05) is 25.5 Å². The molecule has 1 heterocycles. The molecule has 22 heavy (non-hydrogen) atoms. The lowest BCUT2D eigenvalue weighted by atomic mass is 10.1. The normalized spacial score (nSPS) is 15.6. The Bertz CT molecular complexity index is 456. The average Bonchev–Trinajstić information content (AvgIpc) is 2.54. The summed E-state index contributed by atoms with van der Waals surface area (Å²) in [6.07, 6.45) is 2.32. The van der Waals surface area contributed by atoms with Crippen molar-refractivity contribution in [3.05, 3.63) is 29.8 Å². The van der Waals surface area contributed by atoms with Crippen LogP contribution in [0.3, 0.4) is 0 Å². The Morgan fingerprint density at radius 3 is 2.64 bits per heavy atom.